The van der Waals surface area contributed by atoms with Crippen LogP contribution in [0.2, 0.25) is 5.02 Å². The zero-order valence-corrected chi connectivity index (χ0v) is 17.5. The maximum Gasteiger partial charge on any atom is 0.225 e. The molecule has 1 aliphatic heterocycles. The lowest BCUT2D eigenvalue weighted by Gasteiger charge is -2.22. The second-order valence-electron chi connectivity index (χ2n) is 7.51. The molecule has 0 aliphatic carbocycles. The number of rotatable bonds is 5. The van der Waals surface area contributed by atoms with E-state index in [4.69, 9.17) is 21.1 Å². The lowest BCUT2D eigenvalue weighted by Crippen LogP contribution is -2.18. The van der Waals surface area contributed by atoms with Crippen molar-refractivity contribution in [3.8, 4) is 11.5 Å². The van der Waals surface area contributed by atoms with E-state index in [1.165, 1.54) is 0 Å². The number of benzene rings is 3. The van der Waals surface area contributed by atoms with E-state index in [9.17, 15) is 4.79 Å². The molecular formula is C25H21ClN2O3. The summed E-state index contributed by atoms with van der Waals surface area (Å²) in [6.45, 7) is 1.05. The van der Waals surface area contributed by atoms with Crippen molar-refractivity contribution in [1.29, 1.82) is 0 Å². The number of amides is 1. The average Bonchev–Trinajstić information content (AvgIpc) is 3.20. The van der Waals surface area contributed by atoms with Gasteiger partial charge in [0, 0.05) is 40.1 Å². The fourth-order valence-corrected chi connectivity index (χ4v) is 4.18. The zero-order valence-electron chi connectivity index (χ0n) is 16.7. The molecule has 0 bridgehead atoms. The summed E-state index contributed by atoms with van der Waals surface area (Å²) in [5, 5.41) is 4.65. The molecule has 156 valence electrons. The van der Waals surface area contributed by atoms with Crippen molar-refractivity contribution in [1.82, 2.24) is 4.98 Å². The minimum atomic E-state index is -0.188. The molecule has 0 radical (unpaired) electrons. The van der Waals surface area contributed by atoms with Crippen molar-refractivity contribution < 1.29 is 14.3 Å². The van der Waals surface area contributed by atoms with Gasteiger partial charge < -0.3 is 19.8 Å². The highest BCUT2D eigenvalue weighted by atomic mass is 35.5. The zero-order chi connectivity index (χ0) is 21.2. The summed E-state index contributed by atoms with van der Waals surface area (Å²) in [6, 6.07) is 21.1. The monoisotopic (exact) mass is 432 g/mol. The Morgan fingerprint density at radius 2 is 1.81 bits per heavy atom. The molecule has 0 saturated heterocycles. The molecule has 5 nitrogen and oxygen atoms in total. The number of ether oxygens (including phenoxy) is 2. The van der Waals surface area contributed by atoms with Crippen molar-refractivity contribution >= 4 is 34.1 Å². The number of hydrogen-bond donors (Lipinski definition) is 2. The van der Waals surface area contributed by atoms with Crippen LogP contribution in [0.3, 0.4) is 0 Å². The van der Waals surface area contributed by atoms with Crippen LogP contribution in [-0.4, -0.2) is 24.1 Å². The van der Waals surface area contributed by atoms with Gasteiger partial charge >= 0.3 is 0 Å². The van der Waals surface area contributed by atoms with Crippen molar-refractivity contribution in [2.75, 3.05) is 18.5 Å². The number of aromatic nitrogens is 1. The Morgan fingerprint density at radius 1 is 1.00 bits per heavy atom. The smallest absolute Gasteiger partial charge is 0.225 e. The summed E-state index contributed by atoms with van der Waals surface area (Å²) < 4.78 is 11.5. The third-order valence-corrected chi connectivity index (χ3v) is 5.70. The Labute approximate surface area is 184 Å². The van der Waals surface area contributed by atoms with E-state index in [2.05, 4.69) is 10.3 Å². The number of para-hydroxylation sites is 1. The van der Waals surface area contributed by atoms with Crippen molar-refractivity contribution in [2.24, 2.45) is 0 Å². The van der Waals surface area contributed by atoms with Crippen molar-refractivity contribution in [3.05, 3.63) is 89.1 Å². The highest BCUT2D eigenvalue weighted by Gasteiger charge is 2.24. The van der Waals surface area contributed by atoms with Gasteiger partial charge in [-0.25, -0.2) is 0 Å². The Kier molecular flexibility index (Phi) is 5.26. The first-order valence-electron chi connectivity index (χ1n) is 10.2. The van der Waals surface area contributed by atoms with E-state index >= 15 is 0 Å². The summed E-state index contributed by atoms with van der Waals surface area (Å²) in [5.41, 5.74) is 3.74. The Hall–Kier alpha value is -3.44. The maximum absolute atomic E-state index is 13.0. The first-order chi connectivity index (χ1) is 15.2. The largest absolute Gasteiger partial charge is 0.486 e. The third-order valence-electron chi connectivity index (χ3n) is 5.47. The van der Waals surface area contributed by atoms with Crippen LogP contribution in [0, 0.1) is 0 Å². The van der Waals surface area contributed by atoms with Gasteiger partial charge in [-0.3, -0.25) is 4.79 Å². The van der Waals surface area contributed by atoms with Crippen LogP contribution >= 0.6 is 11.6 Å². The topological polar surface area (TPSA) is 63.4 Å². The van der Waals surface area contributed by atoms with Crippen LogP contribution in [0.25, 0.3) is 10.9 Å². The van der Waals surface area contributed by atoms with E-state index in [0.717, 1.165) is 33.5 Å². The third kappa shape index (κ3) is 4.09. The normalized spacial score (nSPS) is 13.7. The van der Waals surface area contributed by atoms with Gasteiger partial charge in [-0.1, -0.05) is 35.9 Å². The number of anilines is 1. The molecule has 5 rings (SSSR count). The summed E-state index contributed by atoms with van der Waals surface area (Å²) in [6.07, 6.45) is 2.23. The number of aromatic amines is 1. The summed E-state index contributed by atoms with van der Waals surface area (Å²) in [4.78, 5) is 16.3. The molecule has 0 fully saturated rings. The van der Waals surface area contributed by atoms with E-state index < -0.39 is 0 Å². The number of fused-ring (bicyclic) bond motifs is 2. The van der Waals surface area contributed by atoms with Gasteiger partial charge in [-0.15, -0.1) is 0 Å². The molecule has 3 aromatic carbocycles. The predicted octanol–water partition coefficient (Wildman–Crippen LogP) is 5.75. The summed E-state index contributed by atoms with van der Waals surface area (Å²) in [5.74, 6) is 1.17. The van der Waals surface area contributed by atoms with Gasteiger partial charge in [-0.05, 0) is 53.6 Å². The summed E-state index contributed by atoms with van der Waals surface area (Å²) in [7, 11) is 0. The van der Waals surface area contributed by atoms with Crippen molar-refractivity contribution in [2.45, 2.75) is 12.3 Å². The number of H-pyrrole nitrogens is 1. The first-order valence-corrected chi connectivity index (χ1v) is 10.6. The van der Waals surface area contributed by atoms with Crippen LogP contribution in [0.15, 0.2) is 72.9 Å². The van der Waals surface area contributed by atoms with Crippen LogP contribution in [-0.2, 0) is 4.79 Å². The quantitative estimate of drug-likeness (QED) is 0.422. The van der Waals surface area contributed by atoms with E-state index in [0.29, 0.717) is 24.0 Å². The highest BCUT2D eigenvalue weighted by Crippen LogP contribution is 2.39. The van der Waals surface area contributed by atoms with Gasteiger partial charge in [-0.2, -0.15) is 0 Å². The Bertz CT molecular complexity index is 1240. The van der Waals surface area contributed by atoms with E-state index in [1.807, 2.05) is 72.9 Å². The van der Waals surface area contributed by atoms with Gasteiger partial charge in [0.25, 0.3) is 0 Å². The molecule has 2 N–H and O–H groups in total. The number of halogens is 1. The molecule has 1 amide bonds. The van der Waals surface area contributed by atoms with Crippen LogP contribution in [0.1, 0.15) is 23.5 Å². The number of hydrogen-bond acceptors (Lipinski definition) is 3. The molecule has 1 aromatic heterocycles. The van der Waals surface area contributed by atoms with E-state index in [-0.39, 0.29) is 18.2 Å². The molecule has 2 heterocycles. The molecule has 1 aliphatic rings. The fraction of sp³-hybridized carbons (Fsp3) is 0.160. The van der Waals surface area contributed by atoms with Gasteiger partial charge in [0.2, 0.25) is 5.91 Å². The number of carbonyl (C=O) groups is 1. The molecule has 0 spiro atoms. The lowest BCUT2D eigenvalue weighted by atomic mass is 9.87. The predicted molar refractivity (Wildman–Crippen MR) is 122 cm³/mol. The maximum atomic E-state index is 13.0. The molecular weight excluding hydrogens is 412 g/mol. The number of nitrogens with one attached hydrogen (secondary N) is 2. The van der Waals surface area contributed by atoms with Crippen LogP contribution < -0.4 is 14.8 Å². The van der Waals surface area contributed by atoms with Gasteiger partial charge in [0.15, 0.2) is 11.5 Å². The SMILES string of the molecule is O=C(CC(c1ccc2c(c1)OCCO2)c1c[nH]c2ccc(Cl)cc12)Nc1ccccc1. The minimum Gasteiger partial charge on any atom is -0.486 e. The Balaban J connectivity index is 1.53. The lowest BCUT2D eigenvalue weighted by molar-refractivity contribution is -0.116. The highest BCUT2D eigenvalue weighted by molar-refractivity contribution is 6.31. The van der Waals surface area contributed by atoms with E-state index in [1.54, 1.807) is 0 Å². The Morgan fingerprint density at radius 3 is 2.65 bits per heavy atom. The average molecular weight is 433 g/mol. The summed E-state index contributed by atoms with van der Waals surface area (Å²) >= 11 is 6.28. The fourth-order valence-electron chi connectivity index (χ4n) is 4.01. The molecule has 31 heavy (non-hydrogen) atoms. The standard InChI is InChI=1S/C25H21ClN2O3/c26-17-7-8-22-20(13-17)21(15-27-22)19(14-25(29)28-18-4-2-1-3-5-18)16-6-9-23-24(12-16)31-11-10-30-23/h1-9,12-13,15,19,27H,10-11,14H2,(H,28,29). The van der Waals surface area contributed by atoms with Gasteiger partial charge in [0.05, 0.1) is 0 Å². The van der Waals surface area contributed by atoms with Crippen LogP contribution in [0.4, 0.5) is 5.69 Å². The van der Waals surface area contributed by atoms with Gasteiger partial charge in [0.1, 0.15) is 13.2 Å². The second-order valence-corrected chi connectivity index (χ2v) is 7.94. The second kappa shape index (κ2) is 8.36. The molecule has 1 unspecified atom stereocenters. The molecule has 4 aromatic rings. The molecule has 1 atom stereocenters. The first kappa shape index (κ1) is 19.5. The van der Waals surface area contributed by atoms with Crippen LogP contribution in [0.5, 0.6) is 11.5 Å². The minimum absolute atomic E-state index is 0.0672. The number of carbonyl (C=O) groups excluding carboxylic acids is 1. The molecule has 6 heteroatoms. The van der Waals surface area contributed by atoms with Crippen molar-refractivity contribution in [3.63, 3.8) is 0 Å². The molecule has 0 saturated carbocycles.